The van der Waals surface area contributed by atoms with Gasteiger partial charge < -0.3 is 4.90 Å². The number of rotatable bonds is 11. The fourth-order valence-electron chi connectivity index (χ4n) is 3.93. The first-order valence-corrected chi connectivity index (χ1v) is 11.6. The molecule has 0 heterocycles. The Kier molecular flexibility index (Phi) is 14.6. The Morgan fingerprint density at radius 2 is 1.61 bits per heavy atom. The van der Waals surface area contributed by atoms with Gasteiger partial charge in [0.1, 0.15) is 0 Å². The molecule has 28 heavy (non-hydrogen) atoms. The number of allylic oxidation sites excluding steroid dienone is 1. The Morgan fingerprint density at radius 1 is 1.04 bits per heavy atom. The summed E-state index contributed by atoms with van der Waals surface area (Å²) in [6.07, 6.45) is 11.8. The second-order valence-electron chi connectivity index (χ2n) is 7.95. The molecule has 0 saturated heterocycles. The van der Waals surface area contributed by atoms with Gasteiger partial charge in [0.25, 0.3) is 0 Å². The van der Waals surface area contributed by atoms with E-state index in [0.29, 0.717) is 6.04 Å². The van der Waals surface area contributed by atoms with Gasteiger partial charge in [-0.05, 0) is 57.1 Å². The van der Waals surface area contributed by atoms with Crippen LogP contribution in [0.25, 0.3) is 11.8 Å². The maximum absolute atomic E-state index is 4.53. The van der Waals surface area contributed by atoms with E-state index < -0.39 is 0 Å². The van der Waals surface area contributed by atoms with Crippen molar-refractivity contribution in [2.75, 3.05) is 6.54 Å². The van der Waals surface area contributed by atoms with Crippen molar-refractivity contribution >= 4 is 11.8 Å². The number of benzene rings is 1. The summed E-state index contributed by atoms with van der Waals surface area (Å²) in [4.78, 5) is 2.57. The first-order valence-electron chi connectivity index (χ1n) is 11.6. The van der Waals surface area contributed by atoms with E-state index in [1.165, 1.54) is 54.5 Å². The average Bonchev–Trinajstić information content (AvgIpc) is 2.67. The van der Waals surface area contributed by atoms with Crippen LogP contribution >= 0.6 is 0 Å². The van der Waals surface area contributed by atoms with Gasteiger partial charge >= 0.3 is 0 Å². The summed E-state index contributed by atoms with van der Waals surface area (Å²) in [5.41, 5.74) is 5.11. The molecule has 1 unspecified atom stereocenters. The summed E-state index contributed by atoms with van der Waals surface area (Å²) in [6, 6.07) is 7.12. The van der Waals surface area contributed by atoms with Gasteiger partial charge in [-0.25, -0.2) is 0 Å². The van der Waals surface area contributed by atoms with Gasteiger partial charge in [-0.2, -0.15) is 0 Å². The zero-order chi connectivity index (χ0) is 21.5. The maximum atomic E-state index is 4.53. The van der Waals surface area contributed by atoms with Crippen LogP contribution in [0.5, 0.6) is 0 Å². The van der Waals surface area contributed by atoms with Crippen LogP contribution in [0.2, 0.25) is 0 Å². The zero-order valence-electron chi connectivity index (χ0n) is 20.1. The van der Waals surface area contributed by atoms with Crippen molar-refractivity contribution in [1.29, 1.82) is 0 Å². The van der Waals surface area contributed by atoms with Crippen molar-refractivity contribution in [3.63, 3.8) is 0 Å². The first-order chi connectivity index (χ1) is 13.4. The Morgan fingerprint density at radius 3 is 2.07 bits per heavy atom. The third kappa shape index (κ3) is 8.25. The van der Waals surface area contributed by atoms with Gasteiger partial charge in [0.2, 0.25) is 0 Å². The van der Waals surface area contributed by atoms with E-state index in [4.69, 9.17) is 0 Å². The second-order valence-corrected chi connectivity index (χ2v) is 7.95. The number of nitrogens with zero attached hydrogens (tertiary/aromatic N) is 1. The highest BCUT2D eigenvalue weighted by Crippen LogP contribution is 2.30. The molecule has 0 radical (unpaired) electrons. The number of hydrogen-bond acceptors (Lipinski definition) is 1. The van der Waals surface area contributed by atoms with E-state index in [0.717, 1.165) is 18.9 Å². The molecule has 1 heteroatoms. The largest absolute Gasteiger partial charge is 0.369 e. The van der Waals surface area contributed by atoms with Crippen molar-refractivity contribution < 1.29 is 0 Å². The highest BCUT2D eigenvalue weighted by atomic mass is 15.2. The Bertz CT molecular complexity index is 564. The smallest absolute Gasteiger partial charge is 0.0372 e. The third-order valence-corrected chi connectivity index (χ3v) is 5.34. The highest BCUT2D eigenvalue weighted by molar-refractivity contribution is 5.70. The molecule has 0 saturated carbocycles. The van der Waals surface area contributed by atoms with Crippen LogP contribution in [0.1, 0.15) is 104 Å². The summed E-state index contributed by atoms with van der Waals surface area (Å²) in [6.45, 7) is 23.4. The molecule has 0 aliphatic heterocycles. The summed E-state index contributed by atoms with van der Waals surface area (Å²) in [7, 11) is 0. The van der Waals surface area contributed by atoms with Crippen LogP contribution in [0.15, 0.2) is 30.9 Å². The lowest BCUT2D eigenvalue weighted by Gasteiger charge is -2.38. The lowest BCUT2D eigenvalue weighted by Crippen LogP contribution is -2.38. The minimum absolute atomic E-state index is 0.539. The predicted octanol–water partition coefficient (Wildman–Crippen LogP) is 8.73. The molecule has 0 bridgehead atoms. The Hall–Kier alpha value is -1.50. The average molecular weight is 386 g/mol. The quantitative estimate of drug-likeness (QED) is 0.368. The van der Waals surface area contributed by atoms with Crippen LogP contribution in [-0.2, 0) is 0 Å². The second kappa shape index (κ2) is 15.4. The van der Waals surface area contributed by atoms with E-state index in [1.54, 1.807) is 0 Å². The van der Waals surface area contributed by atoms with Crippen molar-refractivity contribution in [2.24, 2.45) is 5.92 Å². The van der Waals surface area contributed by atoms with Gasteiger partial charge in [-0.15, -0.1) is 0 Å². The monoisotopic (exact) mass is 385 g/mol. The normalized spacial score (nSPS) is 12.0. The van der Waals surface area contributed by atoms with E-state index in [-0.39, 0.29) is 0 Å². The molecular formula is C27H47N. The van der Waals surface area contributed by atoms with E-state index in [9.17, 15) is 0 Å². The minimum Gasteiger partial charge on any atom is -0.369 e. The minimum atomic E-state index is 0.539. The topological polar surface area (TPSA) is 3.24 Å². The molecule has 1 rings (SSSR count). The van der Waals surface area contributed by atoms with E-state index in [2.05, 4.69) is 97.2 Å². The van der Waals surface area contributed by atoms with Gasteiger partial charge in [0.05, 0.1) is 0 Å². The van der Waals surface area contributed by atoms with Crippen LogP contribution in [-0.4, -0.2) is 17.5 Å². The molecule has 1 aromatic carbocycles. The highest BCUT2D eigenvalue weighted by Gasteiger charge is 2.24. The summed E-state index contributed by atoms with van der Waals surface area (Å²) in [5.74, 6) is 0.748. The molecule has 0 aliphatic carbocycles. The molecule has 0 N–H and O–H groups in total. The first kappa shape index (κ1) is 26.5. The fraction of sp³-hybridized carbons (Fsp3) is 0.630. The van der Waals surface area contributed by atoms with Gasteiger partial charge in [0, 0.05) is 23.8 Å². The van der Waals surface area contributed by atoms with Crippen LogP contribution < -0.4 is 0 Å². The van der Waals surface area contributed by atoms with Crippen molar-refractivity contribution in [1.82, 2.24) is 4.90 Å². The zero-order valence-corrected chi connectivity index (χ0v) is 20.1. The Balaban J connectivity index is 0.00000227. The molecule has 0 aliphatic rings. The molecule has 1 nitrogen and oxygen atoms in total. The SMILES string of the molecule is C=C(c1cccc(/C=C\C)c1C)N(CCC)C(C)C(CCC)CCC.CCC. The van der Waals surface area contributed by atoms with Gasteiger partial charge in [-0.3, -0.25) is 0 Å². The molecule has 0 spiro atoms. The maximum Gasteiger partial charge on any atom is 0.0372 e. The summed E-state index contributed by atoms with van der Waals surface area (Å²) < 4.78 is 0. The van der Waals surface area contributed by atoms with Crippen LogP contribution in [0.3, 0.4) is 0 Å². The van der Waals surface area contributed by atoms with Crippen molar-refractivity contribution in [2.45, 2.75) is 100.0 Å². The molecule has 0 aromatic heterocycles. The fourth-order valence-corrected chi connectivity index (χ4v) is 3.93. The molecule has 160 valence electrons. The van der Waals surface area contributed by atoms with Crippen molar-refractivity contribution in [3.05, 3.63) is 47.5 Å². The van der Waals surface area contributed by atoms with Gasteiger partial charge in [0.15, 0.2) is 0 Å². The summed E-state index contributed by atoms with van der Waals surface area (Å²) in [5, 5.41) is 0. The van der Waals surface area contributed by atoms with Crippen LogP contribution in [0, 0.1) is 12.8 Å². The molecule has 0 fully saturated rings. The predicted molar refractivity (Wildman–Crippen MR) is 131 cm³/mol. The van der Waals surface area contributed by atoms with E-state index >= 15 is 0 Å². The number of hydrogen-bond donors (Lipinski definition) is 0. The molecule has 0 amide bonds. The Labute approximate surface area is 176 Å². The molecular weight excluding hydrogens is 338 g/mol. The summed E-state index contributed by atoms with van der Waals surface area (Å²) >= 11 is 0. The standard InChI is InChI=1S/C24H39N.C3H8/c1-8-13-22-16-12-17-24(19(22)5)21(7)25(18-11-4)20(6)23(14-9-2)15-10-3;1-3-2/h8,12-13,16-17,20,23H,7,9-11,14-15,18H2,1-6H3;3H2,1-2H3/b13-8-;. The molecule has 1 atom stereocenters. The lowest BCUT2D eigenvalue weighted by molar-refractivity contribution is 0.208. The molecule has 1 aromatic rings. The van der Waals surface area contributed by atoms with E-state index in [1.807, 2.05) is 0 Å². The van der Waals surface area contributed by atoms with Crippen molar-refractivity contribution in [3.8, 4) is 0 Å². The van der Waals surface area contributed by atoms with Gasteiger partial charge in [-0.1, -0.05) is 90.8 Å². The van der Waals surface area contributed by atoms with Crippen LogP contribution in [0.4, 0.5) is 0 Å². The lowest BCUT2D eigenvalue weighted by atomic mass is 9.89. The third-order valence-electron chi connectivity index (χ3n) is 5.34.